The summed E-state index contributed by atoms with van der Waals surface area (Å²) < 4.78 is 20.4. The Labute approximate surface area is 153 Å². The summed E-state index contributed by atoms with van der Waals surface area (Å²) in [5.74, 6) is -1.45. The molecular formula is C18H17FN4O4. The van der Waals surface area contributed by atoms with E-state index in [4.69, 9.17) is 4.74 Å². The molecule has 1 N–H and O–H groups in total. The van der Waals surface area contributed by atoms with Gasteiger partial charge in [0.05, 0.1) is 17.9 Å². The highest BCUT2D eigenvalue weighted by molar-refractivity contribution is 5.93. The van der Waals surface area contributed by atoms with E-state index in [1.54, 1.807) is 0 Å². The van der Waals surface area contributed by atoms with Crippen molar-refractivity contribution in [3.63, 3.8) is 0 Å². The van der Waals surface area contributed by atoms with Crippen LogP contribution in [0.15, 0.2) is 41.6 Å². The van der Waals surface area contributed by atoms with Gasteiger partial charge in [-0.05, 0) is 32.3 Å². The maximum atomic E-state index is 13.6. The molecule has 0 saturated heterocycles. The van der Waals surface area contributed by atoms with E-state index in [0.29, 0.717) is 24.5 Å². The van der Waals surface area contributed by atoms with Gasteiger partial charge in [-0.25, -0.2) is 19.2 Å². The predicted molar refractivity (Wildman–Crippen MR) is 96.1 cm³/mol. The number of carboxylic acids is 1. The average Bonchev–Trinajstić information content (AvgIpc) is 2.62. The SMILES string of the molecule is CN(C)CCOc1cnc(-n2cc(C(=O)O)c(=O)c3cc(F)ccc32)cn1. The molecule has 0 aliphatic carbocycles. The second-order valence-corrected chi connectivity index (χ2v) is 6.07. The first-order valence-corrected chi connectivity index (χ1v) is 8.05. The molecular weight excluding hydrogens is 355 g/mol. The Morgan fingerprint density at radius 2 is 2.07 bits per heavy atom. The molecule has 140 valence electrons. The zero-order valence-corrected chi connectivity index (χ0v) is 14.7. The van der Waals surface area contributed by atoms with Crippen LogP contribution in [0.4, 0.5) is 4.39 Å². The molecule has 0 radical (unpaired) electrons. The third-order valence-electron chi connectivity index (χ3n) is 3.85. The van der Waals surface area contributed by atoms with Gasteiger partial charge in [0.1, 0.15) is 18.0 Å². The van der Waals surface area contributed by atoms with Gasteiger partial charge in [0.25, 0.3) is 0 Å². The summed E-state index contributed by atoms with van der Waals surface area (Å²) in [7, 11) is 3.84. The summed E-state index contributed by atoms with van der Waals surface area (Å²) >= 11 is 0. The number of ether oxygens (including phenoxy) is 1. The van der Waals surface area contributed by atoms with E-state index in [1.165, 1.54) is 29.1 Å². The molecule has 2 heterocycles. The second kappa shape index (κ2) is 7.50. The lowest BCUT2D eigenvalue weighted by molar-refractivity contribution is 0.0695. The van der Waals surface area contributed by atoms with Crippen LogP contribution in [0.25, 0.3) is 16.7 Å². The lowest BCUT2D eigenvalue weighted by Crippen LogP contribution is -2.20. The third kappa shape index (κ3) is 3.93. The molecule has 0 spiro atoms. The molecule has 3 aromatic rings. The quantitative estimate of drug-likeness (QED) is 0.701. The molecule has 2 aromatic heterocycles. The number of carbonyl (C=O) groups is 1. The van der Waals surface area contributed by atoms with E-state index in [0.717, 1.165) is 12.3 Å². The smallest absolute Gasteiger partial charge is 0.341 e. The number of fused-ring (bicyclic) bond motifs is 1. The van der Waals surface area contributed by atoms with Crippen LogP contribution >= 0.6 is 0 Å². The van der Waals surface area contributed by atoms with Gasteiger partial charge in [-0.2, -0.15) is 0 Å². The number of nitrogens with zero attached hydrogens (tertiary/aromatic N) is 4. The van der Waals surface area contributed by atoms with E-state index < -0.39 is 22.8 Å². The van der Waals surface area contributed by atoms with Gasteiger partial charge in [-0.15, -0.1) is 0 Å². The molecule has 0 fully saturated rings. The minimum Gasteiger partial charge on any atom is -0.477 e. The van der Waals surface area contributed by atoms with E-state index in [-0.39, 0.29) is 11.2 Å². The second-order valence-electron chi connectivity index (χ2n) is 6.07. The maximum Gasteiger partial charge on any atom is 0.341 e. The van der Waals surface area contributed by atoms with Gasteiger partial charge in [0.15, 0.2) is 5.82 Å². The number of aromatic nitrogens is 3. The van der Waals surface area contributed by atoms with E-state index in [2.05, 4.69) is 9.97 Å². The van der Waals surface area contributed by atoms with Gasteiger partial charge < -0.3 is 14.7 Å². The van der Waals surface area contributed by atoms with Crippen molar-refractivity contribution < 1.29 is 19.0 Å². The number of halogens is 1. The van der Waals surface area contributed by atoms with Gasteiger partial charge in [-0.3, -0.25) is 9.36 Å². The standard InChI is InChI=1S/C18H17FN4O4/c1-22(2)5-6-27-16-9-20-15(8-21-16)23-10-13(18(25)26)17(24)12-7-11(19)3-4-14(12)23/h3-4,7-10H,5-6H2,1-2H3,(H,25,26). The van der Waals surface area contributed by atoms with Crippen molar-refractivity contribution in [2.75, 3.05) is 27.2 Å². The fraction of sp³-hybridized carbons (Fsp3) is 0.222. The topological polar surface area (TPSA) is 97.5 Å². The van der Waals surface area contributed by atoms with Crippen LogP contribution in [0, 0.1) is 5.82 Å². The van der Waals surface area contributed by atoms with Gasteiger partial charge >= 0.3 is 5.97 Å². The van der Waals surface area contributed by atoms with Crippen LogP contribution in [0.2, 0.25) is 0 Å². The molecule has 27 heavy (non-hydrogen) atoms. The summed E-state index contributed by atoms with van der Waals surface area (Å²) in [6.07, 6.45) is 3.95. The fourth-order valence-corrected chi connectivity index (χ4v) is 2.49. The van der Waals surface area contributed by atoms with Crippen LogP contribution in [-0.2, 0) is 0 Å². The maximum absolute atomic E-state index is 13.6. The summed E-state index contributed by atoms with van der Waals surface area (Å²) in [6, 6.07) is 3.58. The first-order chi connectivity index (χ1) is 12.9. The van der Waals surface area contributed by atoms with Gasteiger partial charge in [0, 0.05) is 18.1 Å². The number of pyridine rings is 1. The van der Waals surface area contributed by atoms with Crippen molar-refractivity contribution >= 4 is 16.9 Å². The molecule has 0 aliphatic heterocycles. The van der Waals surface area contributed by atoms with Gasteiger partial charge in [-0.1, -0.05) is 0 Å². The number of hydrogen-bond donors (Lipinski definition) is 1. The van der Waals surface area contributed by atoms with Crippen molar-refractivity contribution in [3.05, 3.63) is 58.4 Å². The highest BCUT2D eigenvalue weighted by atomic mass is 19.1. The van der Waals surface area contributed by atoms with Crippen molar-refractivity contribution in [1.82, 2.24) is 19.4 Å². The summed E-state index contributed by atoms with van der Waals surface area (Å²) in [6.45, 7) is 1.14. The molecule has 8 nitrogen and oxygen atoms in total. The molecule has 0 aliphatic rings. The fourth-order valence-electron chi connectivity index (χ4n) is 2.49. The largest absolute Gasteiger partial charge is 0.477 e. The summed E-state index contributed by atoms with van der Waals surface area (Å²) in [4.78, 5) is 34.0. The lowest BCUT2D eigenvalue weighted by atomic mass is 10.1. The van der Waals surface area contributed by atoms with E-state index >= 15 is 0 Å². The van der Waals surface area contributed by atoms with Crippen LogP contribution in [0.3, 0.4) is 0 Å². The third-order valence-corrected chi connectivity index (χ3v) is 3.85. The van der Waals surface area contributed by atoms with Crippen molar-refractivity contribution in [3.8, 4) is 11.7 Å². The Morgan fingerprint density at radius 3 is 2.70 bits per heavy atom. The van der Waals surface area contributed by atoms with Crippen LogP contribution < -0.4 is 10.2 Å². The van der Waals surface area contributed by atoms with Crippen molar-refractivity contribution in [2.45, 2.75) is 0 Å². The summed E-state index contributed by atoms with van der Waals surface area (Å²) in [5, 5.41) is 9.23. The number of hydrogen-bond acceptors (Lipinski definition) is 6. The monoisotopic (exact) mass is 372 g/mol. The first-order valence-electron chi connectivity index (χ1n) is 8.05. The Kier molecular flexibility index (Phi) is 5.13. The average molecular weight is 372 g/mol. The number of carboxylic acid groups (broad SMARTS) is 1. The number of likely N-dealkylation sites (N-methyl/N-ethyl adjacent to an activating group) is 1. The normalized spacial score (nSPS) is 11.1. The molecule has 0 bridgehead atoms. The molecule has 3 rings (SSSR count). The molecule has 9 heteroatoms. The Morgan fingerprint density at radius 1 is 1.30 bits per heavy atom. The number of benzene rings is 1. The van der Waals surface area contributed by atoms with Crippen LogP contribution in [0.5, 0.6) is 5.88 Å². The first kappa shape index (κ1) is 18.5. The zero-order chi connectivity index (χ0) is 19.6. The number of rotatable bonds is 6. The molecule has 0 amide bonds. The number of aromatic carboxylic acids is 1. The van der Waals surface area contributed by atoms with Crippen LogP contribution in [-0.4, -0.2) is 57.8 Å². The highest BCUT2D eigenvalue weighted by Gasteiger charge is 2.16. The van der Waals surface area contributed by atoms with E-state index in [1.807, 2.05) is 19.0 Å². The Balaban J connectivity index is 2.04. The minimum absolute atomic E-state index is 0.0528. The van der Waals surface area contributed by atoms with Crippen LogP contribution in [0.1, 0.15) is 10.4 Å². The highest BCUT2D eigenvalue weighted by Crippen LogP contribution is 2.18. The molecule has 1 aromatic carbocycles. The van der Waals surface area contributed by atoms with Gasteiger partial charge in [0.2, 0.25) is 11.3 Å². The molecule has 0 atom stereocenters. The predicted octanol–water partition coefficient (Wildman–Crippen LogP) is 1.56. The summed E-state index contributed by atoms with van der Waals surface area (Å²) in [5.41, 5.74) is -0.923. The molecule has 0 unspecified atom stereocenters. The van der Waals surface area contributed by atoms with Crippen molar-refractivity contribution in [1.29, 1.82) is 0 Å². The van der Waals surface area contributed by atoms with Crippen molar-refractivity contribution in [2.24, 2.45) is 0 Å². The zero-order valence-electron chi connectivity index (χ0n) is 14.7. The Hall–Kier alpha value is -3.33. The Bertz CT molecular complexity index is 1050. The minimum atomic E-state index is -1.41. The van der Waals surface area contributed by atoms with E-state index in [9.17, 15) is 19.1 Å². The lowest BCUT2D eigenvalue weighted by Gasteiger charge is -2.13. The molecule has 0 saturated carbocycles.